The highest BCUT2D eigenvalue weighted by atomic mass is 14.7. The van der Waals surface area contributed by atoms with Gasteiger partial charge in [-0.05, 0) is 44.7 Å². The lowest BCUT2D eigenvalue weighted by molar-refractivity contribution is 0.645. The summed E-state index contributed by atoms with van der Waals surface area (Å²) in [6.07, 6.45) is 9.86. The van der Waals surface area contributed by atoms with Crippen molar-refractivity contribution < 1.29 is 0 Å². The van der Waals surface area contributed by atoms with Gasteiger partial charge in [-0.15, -0.1) is 0 Å². The zero-order chi connectivity index (χ0) is 13.4. The van der Waals surface area contributed by atoms with Gasteiger partial charge in [0.25, 0.3) is 0 Å². The van der Waals surface area contributed by atoms with Gasteiger partial charge in [0, 0.05) is 6.21 Å². The van der Waals surface area contributed by atoms with E-state index in [1.807, 2.05) is 0 Å². The summed E-state index contributed by atoms with van der Waals surface area (Å²) in [7, 11) is 0. The van der Waals surface area contributed by atoms with Crippen LogP contribution in [0, 0.1) is 20.8 Å². The Labute approximate surface area is 112 Å². The van der Waals surface area contributed by atoms with Gasteiger partial charge in [0.1, 0.15) is 0 Å². The molecule has 1 aromatic carbocycles. The van der Waals surface area contributed by atoms with E-state index < -0.39 is 0 Å². The number of nitrogens with zero attached hydrogens (tertiary/aromatic N) is 1. The van der Waals surface area contributed by atoms with Crippen LogP contribution in [0.4, 0.5) is 5.69 Å². The van der Waals surface area contributed by atoms with Crippen molar-refractivity contribution in [1.29, 1.82) is 0 Å². The van der Waals surface area contributed by atoms with E-state index in [9.17, 15) is 0 Å². The van der Waals surface area contributed by atoms with E-state index in [1.165, 1.54) is 48.8 Å². The molecule has 100 valence electrons. The van der Waals surface area contributed by atoms with E-state index in [0.717, 1.165) is 12.1 Å². The molecule has 1 rings (SSSR count). The van der Waals surface area contributed by atoms with Crippen LogP contribution < -0.4 is 0 Å². The molecule has 1 aromatic rings. The van der Waals surface area contributed by atoms with Crippen LogP contribution >= 0.6 is 0 Å². The minimum absolute atomic E-state index is 1.11. The van der Waals surface area contributed by atoms with Crippen molar-refractivity contribution in [3.63, 3.8) is 0 Å². The fraction of sp³-hybridized carbons (Fsp3) is 0.588. The molecule has 0 saturated heterocycles. The summed E-state index contributed by atoms with van der Waals surface area (Å²) in [5.74, 6) is 0. The molecule has 1 heteroatoms. The molecule has 0 heterocycles. The monoisotopic (exact) mass is 245 g/mol. The third-order valence-corrected chi connectivity index (χ3v) is 3.29. The largest absolute Gasteiger partial charge is 0.261 e. The smallest absolute Gasteiger partial charge is 0.0684 e. The summed E-state index contributed by atoms with van der Waals surface area (Å²) in [6, 6.07) is 4.42. The number of unbranched alkanes of at least 4 members (excludes halogenated alkanes) is 5. The average molecular weight is 245 g/mol. The van der Waals surface area contributed by atoms with Crippen molar-refractivity contribution in [2.24, 2.45) is 4.99 Å². The Morgan fingerprint density at radius 2 is 1.56 bits per heavy atom. The van der Waals surface area contributed by atoms with Gasteiger partial charge in [-0.1, -0.05) is 50.3 Å². The third kappa shape index (κ3) is 5.03. The fourth-order valence-electron chi connectivity index (χ4n) is 2.37. The van der Waals surface area contributed by atoms with Crippen LogP contribution in [-0.2, 0) is 0 Å². The fourth-order valence-corrected chi connectivity index (χ4v) is 2.37. The lowest BCUT2D eigenvalue weighted by atomic mass is 10.1. The molecule has 0 aliphatic heterocycles. The van der Waals surface area contributed by atoms with E-state index in [4.69, 9.17) is 0 Å². The zero-order valence-corrected chi connectivity index (χ0v) is 12.4. The highest BCUT2D eigenvalue weighted by Gasteiger charge is 2.00. The highest BCUT2D eigenvalue weighted by Crippen LogP contribution is 2.24. The van der Waals surface area contributed by atoms with Gasteiger partial charge >= 0.3 is 0 Å². The number of rotatable bonds is 7. The molecular weight excluding hydrogens is 218 g/mol. The molecule has 0 bridgehead atoms. The molecule has 0 aliphatic carbocycles. The third-order valence-electron chi connectivity index (χ3n) is 3.29. The van der Waals surface area contributed by atoms with Crippen molar-refractivity contribution >= 4 is 11.9 Å². The second-order valence-corrected chi connectivity index (χ2v) is 5.26. The van der Waals surface area contributed by atoms with Crippen LogP contribution in [0.1, 0.15) is 62.1 Å². The van der Waals surface area contributed by atoms with Crippen LogP contribution in [0.15, 0.2) is 17.1 Å². The minimum atomic E-state index is 1.11. The van der Waals surface area contributed by atoms with E-state index >= 15 is 0 Å². The normalized spacial score (nSPS) is 11.3. The van der Waals surface area contributed by atoms with Gasteiger partial charge in [0.15, 0.2) is 0 Å². The molecular formula is C17H27N. The summed E-state index contributed by atoms with van der Waals surface area (Å²) < 4.78 is 0. The molecule has 0 radical (unpaired) electrons. The SMILES string of the molecule is CCCCCCCC=Nc1c(C)cc(C)cc1C. The minimum Gasteiger partial charge on any atom is -0.261 e. The number of hydrogen-bond acceptors (Lipinski definition) is 1. The van der Waals surface area contributed by atoms with Gasteiger partial charge in [-0.25, -0.2) is 0 Å². The second-order valence-electron chi connectivity index (χ2n) is 5.26. The van der Waals surface area contributed by atoms with Gasteiger partial charge in [-0.3, -0.25) is 4.99 Å². The first-order valence-electron chi connectivity index (χ1n) is 7.25. The predicted octanol–water partition coefficient (Wildman–Crippen LogP) is 5.67. The Bertz CT molecular complexity index is 368. The molecule has 0 aliphatic rings. The summed E-state index contributed by atoms with van der Waals surface area (Å²) >= 11 is 0. The zero-order valence-electron chi connectivity index (χ0n) is 12.4. The molecule has 1 nitrogen and oxygen atoms in total. The van der Waals surface area contributed by atoms with Crippen LogP contribution in [0.3, 0.4) is 0 Å². The average Bonchev–Trinajstić information content (AvgIpc) is 2.30. The van der Waals surface area contributed by atoms with Crippen molar-refractivity contribution in [2.75, 3.05) is 0 Å². The maximum atomic E-state index is 4.64. The van der Waals surface area contributed by atoms with Crippen LogP contribution in [0.2, 0.25) is 0 Å². The van der Waals surface area contributed by atoms with E-state index in [2.05, 4.69) is 51.0 Å². The number of aryl methyl sites for hydroxylation is 3. The Morgan fingerprint density at radius 1 is 0.944 bits per heavy atom. The molecule has 0 aromatic heterocycles. The van der Waals surface area contributed by atoms with Crippen molar-refractivity contribution in [3.8, 4) is 0 Å². The number of benzene rings is 1. The molecule has 0 fully saturated rings. The molecule has 0 N–H and O–H groups in total. The van der Waals surface area contributed by atoms with Crippen LogP contribution in [0.25, 0.3) is 0 Å². The topological polar surface area (TPSA) is 12.4 Å². The van der Waals surface area contributed by atoms with Gasteiger partial charge in [0.05, 0.1) is 5.69 Å². The highest BCUT2D eigenvalue weighted by molar-refractivity contribution is 5.66. The van der Waals surface area contributed by atoms with Gasteiger partial charge in [-0.2, -0.15) is 0 Å². The molecule has 0 unspecified atom stereocenters. The summed E-state index contributed by atoms with van der Waals surface area (Å²) in [5.41, 5.74) is 5.06. The summed E-state index contributed by atoms with van der Waals surface area (Å²) in [6.45, 7) is 8.69. The maximum Gasteiger partial charge on any atom is 0.0684 e. The Balaban J connectivity index is 2.42. The number of aliphatic imine (C=N–C) groups is 1. The number of hydrogen-bond donors (Lipinski definition) is 0. The Hall–Kier alpha value is -1.11. The van der Waals surface area contributed by atoms with Crippen LogP contribution in [0.5, 0.6) is 0 Å². The standard InChI is InChI=1S/C17H27N/c1-5-6-7-8-9-10-11-18-17-15(3)12-14(2)13-16(17)4/h11-13H,5-10H2,1-4H3. The quantitative estimate of drug-likeness (QED) is 0.433. The summed E-state index contributed by atoms with van der Waals surface area (Å²) in [5, 5.41) is 0. The first kappa shape index (κ1) is 14.9. The lowest BCUT2D eigenvalue weighted by Gasteiger charge is -2.06. The Kier molecular flexibility index (Phi) is 6.70. The van der Waals surface area contributed by atoms with E-state index in [-0.39, 0.29) is 0 Å². The predicted molar refractivity (Wildman–Crippen MR) is 82.2 cm³/mol. The molecule has 0 spiro atoms. The molecule has 18 heavy (non-hydrogen) atoms. The first-order chi connectivity index (χ1) is 8.65. The van der Waals surface area contributed by atoms with Crippen molar-refractivity contribution in [3.05, 3.63) is 28.8 Å². The van der Waals surface area contributed by atoms with Crippen molar-refractivity contribution in [1.82, 2.24) is 0 Å². The van der Waals surface area contributed by atoms with E-state index in [0.29, 0.717) is 0 Å². The van der Waals surface area contributed by atoms with Gasteiger partial charge < -0.3 is 0 Å². The molecule has 0 saturated carbocycles. The molecule has 0 amide bonds. The first-order valence-corrected chi connectivity index (χ1v) is 7.25. The van der Waals surface area contributed by atoms with Crippen molar-refractivity contribution in [2.45, 2.75) is 66.2 Å². The molecule has 0 atom stereocenters. The van der Waals surface area contributed by atoms with Gasteiger partial charge in [0.2, 0.25) is 0 Å². The van der Waals surface area contributed by atoms with E-state index in [1.54, 1.807) is 0 Å². The second kappa shape index (κ2) is 8.07. The summed E-state index contributed by atoms with van der Waals surface area (Å²) in [4.78, 5) is 4.64. The maximum absolute atomic E-state index is 4.64. The lowest BCUT2D eigenvalue weighted by Crippen LogP contribution is -1.85. The van der Waals surface area contributed by atoms with Crippen LogP contribution in [-0.4, -0.2) is 6.21 Å². The Morgan fingerprint density at radius 3 is 2.17 bits per heavy atom.